The third-order valence-electron chi connectivity index (χ3n) is 7.40. The summed E-state index contributed by atoms with van der Waals surface area (Å²) in [6, 6.07) is 27.1. The van der Waals surface area contributed by atoms with Crippen molar-refractivity contribution in [2.45, 2.75) is 53.6 Å². The maximum Gasteiger partial charge on any atom is 0.416 e. The van der Waals surface area contributed by atoms with Crippen LogP contribution >= 0.6 is 57.8 Å². The van der Waals surface area contributed by atoms with E-state index in [9.17, 15) is 13.2 Å². The monoisotopic (exact) mass is 794 g/mol. The largest absolute Gasteiger partial charge is 0.416 e. The summed E-state index contributed by atoms with van der Waals surface area (Å²) in [7, 11) is 0. The second kappa shape index (κ2) is 19.3. The van der Waals surface area contributed by atoms with E-state index in [1.54, 1.807) is 13.0 Å². The Balaban J connectivity index is 0.000000209. The molecule has 3 aromatic carbocycles. The summed E-state index contributed by atoms with van der Waals surface area (Å²) in [5.41, 5.74) is 5.62. The van der Waals surface area contributed by atoms with Gasteiger partial charge in [0.05, 0.1) is 39.3 Å². The van der Waals surface area contributed by atoms with E-state index < -0.39 is 11.7 Å². The molecule has 0 amide bonds. The third-order valence-corrected chi connectivity index (χ3v) is 10.8. The molecule has 3 aromatic heterocycles. The molecule has 3 heterocycles. The Labute approximate surface area is 323 Å². The lowest BCUT2D eigenvalue weighted by molar-refractivity contribution is -0.138. The molecule has 0 unspecified atom stereocenters. The Kier molecular flexibility index (Phi) is 15.5. The van der Waals surface area contributed by atoms with Gasteiger partial charge in [-0.1, -0.05) is 79.2 Å². The normalized spacial score (nSPS) is 10.3. The highest BCUT2D eigenvalue weighted by molar-refractivity contribution is 7.06. The minimum Gasteiger partial charge on any atom is -0.196 e. The molecule has 0 bridgehead atoms. The first-order valence-electron chi connectivity index (χ1n) is 15.0. The zero-order valence-electron chi connectivity index (χ0n) is 27.3. The zero-order valence-corrected chi connectivity index (χ0v) is 31.3. The van der Waals surface area contributed by atoms with Crippen LogP contribution in [0.15, 0.2) is 72.8 Å². The summed E-state index contributed by atoms with van der Waals surface area (Å²) in [5, 5.41) is 28.5. The van der Waals surface area contributed by atoms with Crippen LogP contribution in [0.5, 0.6) is 0 Å². The molecule has 14 heteroatoms. The van der Waals surface area contributed by atoms with Gasteiger partial charge in [0, 0.05) is 43.9 Å². The minimum atomic E-state index is -4.39. The number of benzene rings is 3. The topological polar surface area (TPSA) is 110 Å². The molecular formula is C38H31Cl2F3N6S3. The van der Waals surface area contributed by atoms with Gasteiger partial charge in [0.15, 0.2) is 0 Å². The van der Waals surface area contributed by atoms with Crippen molar-refractivity contribution in [1.29, 1.82) is 15.8 Å². The Morgan fingerprint density at radius 3 is 1.44 bits per heavy atom. The van der Waals surface area contributed by atoms with Crippen LogP contribution < -0.4 is 0 Å². The van der Waals surface area contributed by atoms with Crippen molar-refractivity contribution in [2.75, 3.05) is 0 Å². The van der Waals surface area contributed by atoms with Crippen molar-refractivity contribution < 1.29 is 13.2 Å². The first-order valence-corrected chi connectivity index (χ1v) is 18.1. The average Bonchev–Trinajstić information content (AvgIpc) is 3.77. The lowest BCUT2D eigenvalue weighted by Gasteiger charge is -2.11. The Hall–Kier alpha value is -4.61. The molecule has 0 aliphatic heterocycles. The van der Waals surface area contributed by atoms with E-state index in [1.165, 1.54) is 35.2 Å². The van der Waals surface area contributed by atoms with Gasteiger partial charge in [0.25, 0.3) is 0 Å². The van der Waals surface area contributed by atoms with Gasteiger partial charge >= 0.3 is 6.18 Å². The summed E-state index contributed by atoms with van der Waals surface area (Å²) >= 11 is 15.7. The molecule has 0 aliphatic rings. The van der Waals surface area contributed by atoms with Crippen LogP contribution in [0.25, 0.3) is 0 Å². The molecule has 0 saturated carbocycles. The second-order valence-electron chi connectivity index (χ2n) is 10.9. The predicted molar refractivity (Wildman–Crippen MR) is 204 cm³/mol. The molecule has 6 nitrogen and oxygen atoms in total. The molecule has 0 aliphatic carbocycles. The molecule has 0 fully saturated rings. The molecular weight excluding hydrogens is 765 g/mol. The predicted octanol–water partition coefficient (Wildman–Crippen LogP) is 11.7. The van der Waals surface area contributed by atoms with E-state index >= 15 is 0 Å². The highest BCUT2D eigenvalue weighted by atomic mass is 35.5. The average molecular weight is 796 g/mol. The molecule has 266 valence electrons. The fourth-order valence-electron chi connectivity index (χ4n) is 4.77. The fraction of sp³-hybridized carbons (Fsp3) is 0.211. The molecule has 6 rings (SSSR count). The first-order chi connectivity index (χ1) is 24.4. The van der Waals surface area contributed by atoms with Crippen LogP contribution in [-0.4, -0.2) is 13.1 Å². The van der Waals surface area contributed by atoms with E-state index in [0.717, 1.165) is 66.3 Å². The van der Waals surface area contributed by atoms with Crippen molar-refractivity contribution in [3.63, 3.8) is 0 Å². The number of aryl methyl sites for hydroxylation is 3. The lowest BCUT2D eigenvalue weighted by atomic mass is 10.0. The maximum atomic E-state index is 12.9. The van der Waals surface area contributed by atoms with Gasteiger partial charge in [0.2, 0.25) is 0 Å². The Morgan fingerprint density at radius 2 is 1.00 bits per heavy atom. The quantitative estimate of drug-likeness (QED) is 0.166. The van der Waals surface area contributed by atoms with Crippen LogP contribution in [0.3, 0.4) is 0 Å². The van der Waals surface area contributed by atoms with E-state index in [1.807, 2.05) is 68.4 Å². The Morgan fingerprint density at radius 1 is 0.596 bits per heavy atom. The van der Waals surface area contributed by atoms with Gasteiger partial charge in [-0.05, 0) is 96.3 Å². The lowest BCUT2D eigenvalue weighted by Crippen LogP contribution is -2.09. The summed E-state index contributed by atoms with van der Waals surface area (Å²) in [5.74, 6) is 0. The summed E-state index contributed by atoms with van der Waals surface area (Å²) in [6.07, 6.45) is -2.90. The number of hydrogen-bond donors (Lipinski definition) is 0. The number of rotatable bonds is 6. The van der Waals surface area contributed by atoms with Crippen molar-refractivity contribution >= 4 is 57.8 Å². The maximum absolute atomic E-state index is 12.9. The molecule has 0 saturated heterocycles. The first kappa shape index (κ1) is 41.8. The van der Waals surface area contributed by atoms with Crippen LogP contribution in [-0.2, 0) is 25.4 Å². The van der Waals surface area contributed by atoms with Crippen LogP contribution in [0.2, 0.25) is 10.0 Å². The van der Waals surface area contributed by atoms with Crippen molar-refractivity contribution in [3.05, 3.63) is 153 Å². The summed E-state index contributed by atoms with van der Waals surface area (Å²) in [6.45, 7) is 5.39. The molecule has 52 heavy (non-hydrogen) atoms. The van der Waals surface area contributed by atoms with Crippen LogP contribution in [0, 0.1) is 54.8 Å². The SMILES string of the molecule is C.Cc1nsc(Cc2ccc(Cl)cc2)c1C#N.Cc1nsc(Cc2ccccc2C(F)(F)F)c1C#N.Cc1nsc(Cc2ccccc2Cl)c1C#N. The van der Waals surface area contributed by atoms with Gasteiger partial charge in [-0.15, -0.1) is 0 Å². The van der Waals surface area contributed by atoms with Crippen LogP contribution in [0.1, 0.15) is 78.1 Å². The Bertz CT molecular complexity index is 2240. The molecule has 0 spiro atoms. The van der Waals surface area contributed by atoms with Gasteiger partial charge in [-0.25, -0.2) is 0 Å². The van der Waals surface area contributed by atoms with E-state index in [-0.39, 0.29) is 19.4 Å². The number of nitrogens with zero attached hydrogens (tertiary/aromatic N) is 6. The van der Waals surface area contributed by atoms with Crippen molar-refractivity contribution in [2.24, 2.45) is 0 Å². The van der Waals surface area contributed by atoms with Crippen molar-refractivity contribution in [1.82, 2.24) is 13.1 Å². The second-order valence-corrected chi connectivity index (χ2v) is 14.4. The highest BCUT2D eigenvalue weighted by Crippen LogP contribution is 2.34. The summed E-state index contributed by atoms with van der Waals surface area (Å²) in [4.78, 5) is 2.56. The standard InChI is InChI=1S/C13H9F3N2S.2C12H9ClN2S.CH4/c1-8-10(7-17)12(19-18-8)6-9-4-2-3-5-11(9)13(14,15)16;1-8-11(7-14)12(16-15-8)6-9-2-4-10(13)5-3-9;1-8-10(7-14)12(16-15-8)6-9-4-2-3-5-11(9)13;/h2-5H,6H2,1H3;2*2-5H,6H2,1H3;1H4. The van der Waals surface area contributed by atoms with E-state index in [4.69, 9.17) is 39.0 Å². The smallest absolute Gasteiger partial charge is 0.196 e. The number of nitriles is 3. The van der Waals surface area contributed by atoms with Gasteiger partial charge < -0.3 is 0 Å². The number of alkyl halides is 3. The molecule has 6 aromatic rings. The van der Waals surface area contributed by atoms with Crippen LogP contribution in [0.4, 0.5) is 13.2 Å². The molecule has 0 N–H and O–H groups in total. The number of halogens is 5. The fourth-order valence-corrected chi connectivity index (χ4v) is 7.64. The molecule has 0 atom stereocenters. The van der Waals surface area contributed by atoms with Gasteiger partial charge in [-0.2, -0.15) is 42.1 Å². The highest BCUT2D eigenvalue weighted by Gasteiger charge is 2.33. The van der Waals surface area contributed by atoms with Crippen molar-refractivity contribution in [3.8, 4) is 18.2 Å². The zero-order chi connectivity index (χ0) is 37.1. The minimum absolute atomic E-state index is 0. The van der Waals surface area contributed by atoms with E-state index in [2.05, 4.69) is 25.3 Å². The molecule has 0 radical (unpaired) electrons. The summed E-state index contributed by atoms with van der Waals surface area (Å²) < 4.78 is 51.0. The third kappa shape index (κ3) is 10.9. The van der Waals surface area contributed by atoms with Gasteiger partial charge in [0.1, 0.15) is 18.2 Å². The van der Waals surface area contributed by atoms with Gasteiger partial charge in [-0.3, -0.25) is 0 Å². The number of aromatic nitrogens is 3. The number of hydrogen-bond acceptors (Lipinski definition) is 9. The van der Waals surface area contributed by atoms with E-state index in [0.29, 0.717) is 33.7 Å².